The molecule has 132 valence electrons. The summed E-state index contributed by atoms with van der Waals surface area (Å²) in [5.74, 6) is -0.187. The Bertz CT molecular complexity index is 556. The fourth-order valence-corrected chi connectivity index (χ4v) is 3.17. The van der Waals surface area contributed by atoms with Gasteiger partial charge in [-0.2, -0.15) is 0 Å². The molecule has 1 amide bonds. The lowest BCUT2D eigenvalue weighted by Crippen LogP contribution is -2.21. The molecule has 0 bridgehead atoms. The molecule has 0 saturated heterocycles. The normalized spacial score (nSPS) is 11.0. The third-order valence-electron chi connectivity index (χ3n) is 3.32. The Balaban J connectivity index is 2.23. The summed E-state index contributed by atoms with van der Waals surface area (Å²) in [6.45, 7) is 2.86. The second-order valence-electron chi connectivity index (χ2n) is 5.42. The Kier molecular flexibility index (Phi) is 10.9. The van der Waals surface area contributed by atoms with Crippen LogP contribution in [0.5, 0.6) is 0 Å². The van der Waals surface area contributed by atoms with E-state index in [2.05, 4.69) is 12.2 Å². The average Bonchev–Trinajstić information content (AvgIpc) is 2.53. The molecule has 1 aromatic carbocycles. The molecule has 0 aliphatic carbocycles. The molecule has 0 aliphatic heterocycles. The zero-order valence-electron chi connectivity index (χ0n) is 13.8. The molecule has 1 rings (SSSR count). The van der Waals surface area contributed by atoms with Crippen LogP contribution < -0.4 is 5.32 Å². The van der Waals surface area contributed by atoms with Crippen LogP contribution in [0, 0.1) is 0 Å². The van der Waals surface area contributed by atoms with Gasteiger partial charge in [0.2, 0.25) is 11.0 Å². The van der Waals surface area contributed by atoms with Crippen LogP contribution in [0.2, 0.25) is 10.0 Å². The number of carbonyl (C=O) groups is 2. The molecule has 24 heavy (non-hydrogen) atoms. The zero-order valence-corrected chi connectivity index (χ0v) is 16.1. The maximum atomic E-state index is 12.0. The lowest BCUT2D eigenvalue weighted by molar-refractivity contribution is -0.116. The third-order valence-corrected chi connectivity index (χ3v) is 4.48. The predicted octanol–water partition coefficient (Wildman–Crippen LogP) is 5.86. The van der Waals surface area contributed by atoms with Crippen molar-refractivity contribution in [3.63, 3.8) is 0 Å². The van der Waals surface area contributed by atoms with Crippen LogP contribution in [0.15, 0.2) is 29.7 Å². The van der Waals surface area contributed by atoms with Gasteiger partial charge < -0.3 is 5.32 Å². The van der Waals surface area contributed by atoms with Crippen molar-refractivity contribution < 1.29 is 9.59 Å². The number of hydrogen-bond acceptors (Lipinski definition) is 3. The lowest BCUT2D eigenvalue weighted by Gasteiger charge is -2.02. The molecule has 1 aromatic rings. The first-order valence-electron chi connectivity index (χ1n) is 8.14. The number of rotatable bonds is 10. The standard InChI is InChI=1S/C18H23Cl2NO2S/c1-2-3-4-5-6-7-9-21-17(22)8-10-24-18(23)14-11-15(19)13-16(20)12-14/h8,10-13H,2-7,9H2,1H3,(H,21,22)/b10-8-. The summed E-state index contributed by atoms with van der Waals surface area (Å²) in [5.41, 5.74) is 0.412. The van der Waals surface area contributed by atoms with Crippen LogP contribution >= 0.6 is 35.0 Å². The quantitative estimate of drug-likeness (QED) is 0.404. The van der Waals surface area contributed by atoms with Crippen LogP contribution in [-0.2, 0) is 4.79 Å². The van der Waals surface area contributed by atoms with Gasteiger partial charge in [0.05, 0.1) is 0 Å². The van der Waals surface area contributed by atoms with Crippen LogP contribution in [0.25, 0.3) is 0 Å². The highest BCUT2D eigenvalue weighted by Crippen LogP contribution is 2.22. The van der Waals surface area contributed by atoms with Gasteiger partial charge in [-0.05, 0) is 30.0 Å². The minimum Gasteiger partial charge on any atom is -0.353 e. The first-order valence-corrected chi connectivity index (χ1v) is 9.78. The Morgan fingerprint density at radius 2 is 1.67 bits per heavy atom. The first kappa shape index (κ1) is 21.1. The monoisotopic (exact) mass is 387 g/mol. The lowest BCUT2D eigenvalue weighted by atomic mass is 10.1. The molecule has 0 heterocycles. The summed E-state index contributed by atoms with van der Waals surface area (Å²) in [6.07, 6.45) is 8.47. The van der Waals surface area contributed by atoms with E-state index in [0.29, 0.717) is 22.2 Å². The van der Waals surface area contributed by atoms with Crippen LogP contribution in [-0.4, -0.2) is 17.6 Å². The van der Waals surface area contributed by atoms with Gasteiger partial charge in [0.25, 0.3) is 0 Å². The summed E-state index contributed by atoms with van der Waals surface area (Å²) in [6, 6.07) is 4.67. The largest absolute Gasteiger partial charge is 0.353 e. The fourth-order valence-electron chi connectivity index (χ4n) is 2.07. The highest BCUT2D eigenvalue weighted by molar-refractivity contribution is 8.16. The fraction of sp³-hybridized carbons (Fsp3) is 0.444. The van der Waals surface area contributed by atoms with Crippen molar-refractivity contribution in [1.82, 2.24) is 5.32 Å². The van der Waals surface area contributed by atoms with Gasteiger partial charge in [-0.25, -0.2) is 0 Å². The highest BCUT2D eigenvalue weighted by Gasteiger charge is 2.07. The van der Waals surface area contributed by atoms with Gasteiger partial charge in [-0.15, -0.1) is 0 Å². The smallest absolute Gasteiger partial charge is 0.244 e. The molecule has 0 atom stereocenters. The minimum atomic E-state index is -0.209. The second-order valence-corrected chi connectivity index (χ2v) is 7.18. The van der Waals surface area contributed by atoms with Crippen molar-refractivity contribution in [3.05, 3.63) is 45.3 Å². The minimum absolute atomic E-state index is 0.187. The van der Waals surface area contributed by atoms with Crippen molar-refractivity contribution in [2.24, 2.45) is 0 Å². The summed E-state index contributed by atoms with van der Waals surface area (Å²) < 4.78 is 0. The van der Waals surface area contributed by atoms with Crippen molar-refractivity contribution in [1.29, 1.82) is 0 Å². The van der Waals surface area contributed by atoms with Gasteiger partial charge in [0.15, 0.2) is 0 Å². The maximum absolute atomic E-state index is 12.0. The maximum Gasteiger partial charge on any atom is 0.244 e. The van der Waals surface area contributed by atoms with E-state index >= 15 is 0 Å². The molecule has 6 heteroatoms. The van der Waals surface area contributed by atoms with E-state index in [-0.39, 0.29) is 11.0 Å². The number of amides is 1. The summed E-state index contributed by atoms with van der Waals surface area (Å²) in [4.78, 5) is 23.6. The van der Waals surface area contributed by atoms with E-state index in [1.165, 1.54) is 37.2 Å². The highest BCUT2D eigenvalue weighted by atomic mass is 35.5. The van der Waals surface area contributed by atoms with E-state index in [1.54, 1.807) is 18.2 Å². The van der Waals surface area contributed by atoms with E-state index in [0.717, 1.165) is 24.6 Å². The zero-order chi connectivity index (χ0) is 17.8. The third kappa shape index (κ3) is 9.36. The first-order chi connectivity index (χ1) is 11.5. The number of hydrogen-bond donors (Lipinski definition) is 1. The Labute approximate surface area is 158 Å². The van der Waals surface area contributed by atoms with E-state index < -0.39 is 0 Å². The molecule has 0 spiro atoms. The number of nitrogens with one attached hydrogen (secondary N) is 1. The molecule has 0 aromatic heterocycles. The molecule has 1 N–H and O–H groups in total. The van der Waals surface area contributed by atoms with Crippen LogP contribution in [0.1, 0.15) is 55.8 Å². The van der Waals surface area contributed by atoms with Crippen molar-refractivity contribution >= 4 is 46.0 Å². The molecular weight excluding hydrogens is 365 g/mol. The second kappa shape index (κ2) is 12.4. The Morgan fingerprint density at radius 3 is 2.33 bits per heavy atom. The number of halogens is 2. The topological polar surface area (TPSA) is 46.2 Å². The van der Waals surface area contributed by atoms with Gasteiger partial charge in [-0.1, -0.05) is 74.0 Å². The van der Waals surface area contributed by atoms with E-state index in [1.807, 2.05) is 0 Å². The van der Waals surface area contributed by atoms with Crippen molar-refractivity contribution in [3.8, 4) is 0 Å². The average molecular weight is 388 g/mol. The van der Waals surface area contributed by atoms with Crippen molar-refractivity contribution in [2.45, 2.75) is 45.4 Å². The summed E-state index contributed by atoms with van der Waals surface area (Å²) in [7, 11) is 0. The number of carbonyl (C=O) groups excluding carboxylic acids is 2. The number of thioether (sulfide) groups is 1. The molecule has 0 unspecified atom stereocenters. The number of benzene rings is 1. The molecule has 0 aliphatic rings. The molecule has 3 nitrogen and oxygen atoms in total. The van der Waals surface area contributed by atoms with Crippen LogP contribution in [0.3, 0.4) is 0 Å². The summed E-state index contributed by atoms with van der Waals surface area (Å²) >= 11 is 12.7. The van der Waals surface area contributed by atoms with Gasteiger partial charge in [0, 0.05) is 28.2 Å². The molecule has 0 fully saturated rings. The predicted molar refractivity (Wildman–Crippen MR) is 104 cm³/mol. The summed E-state index contributed by atoms with van der Waals surface area (Å²) in [5, 5.41) is 4.90. The molecule has 0 saturated carbocycles. The Hall–Kier alpha value is -0.970. The SMILES string of the molecule is CCCCCCCCNC(=O)/C=C\SC(=O)c1cc(Cl)cc(Cl)c1. The molecule has 0 radical (unpaired) electrons. The van der Waals surface area contributed by atoms with Gasteiger partial charge in [-0.3, -0.25) is 9.59 Å². The number of unbranched alkanes of at least 4 members (excludes halogenated alkanes) is 5. The van der Waals surface area contributed by atoms with E-state index in [4.69, 9.17) is 23.2 Å². The van der Waals surface area contributed by atoms with E-state index in [9.17, 15) is 9.59 Å². The molecular formula is C18H23Cl2NO2S. The van der Waals surface area contributed by atoms with Crippen molar-refractivity contribution in [2.75, 3.05) is 6.54 Å². The van der Waals surface area contributed by atoms with Gasteiger partial charge >= 0.3 is 0 Å². The van der Waals surface area contributed by atoms with Gasteiger partial charge in [0.1, 0.15) is 0 Å². The van der Waals surface area contributed by atoms with Crippen LogP contribution in [0.4, 0.5) is 0 Å². The Morgan fingerprint density at radius 1 is 1.04 bits per heavy atom.